The Labute approximate surface area is 337 Å². The molecule has 1 aliphatic heterocycles. The summed E-state index contributed by atoms with van der Waals surface area (Å²) in [6.45, 7) is 4.08. The summed E-state index contributed by atoms with van der Waals surface area (Å²) in [6.07, 6.45) is 34.1. The van der Waals surface area contributed by atoms with Crippen molar-refractivity contribution < 1.29 is 13.9 Å². The maximum Gasteiger partial charge on any atom is 0.307 e. The minimum atomic E-state index is -0.314. The fourth-order valence-electron chi connectivity index (χ4n) is 6.96. The number of imidazole rings is 1. The topological polar surface area (TPSA) is 85.5 Å². The van der Waals surface area contributed by atoms with E-state index >= 15 is 0 Å². The highest BCUT2D eigenvalue weighted by Crippen LogP contribution is 2.28. The van der Waals surface area contributed by atoms with Crippen LogP contribution >= 0.6 is 0 Å². The standard InChI is InChI=1S/C47H59FN6O3/c1-3-4-5-6-7-8-9-10-11-12-13-14-15-16-17-18-19-20-21-26-45(56)57-38-54-44(55)31-34-49-46(54)51(2)41-32-35-52(36-33-41)47-50-42-24-22-23-25-43(42)53(47)37-39-27-29-40(48)30-28-39/h4-5,7-8,10-11,13-14,16-17,22-25,27-31,34,41H,3,6,9,12,15,18-21,26,32-33,35-38H2,1-2H3/b5-4-,8-7-,11-10-,14-13-,17-16-. The molecule has 4 aromatic rings. The van der Waals surface area contributed by atoms with E-state index in [2.05, 4.69) is 88.2 Å². The average Bonchev–Trinajstić information content (AvgIpc) is 3.59. The van der Waals surface area contributed by atoms with Crippen LogP contribution in [0.15, 0.2) is 126 Å². The van der Waals surface area contributed by atoms with E-state index in [1.165, 1.54) is 29.0 Å². The van der Waals surface area contributed by atoms with E-state index in [0.717, 1.165) is 106 Å². The Morgan fingerprint density at radius 2 is 1.47 bits per heavy atom. The van der Waals surface area contributed by atoms with Crippen LogP contribution in [0.1, 0.15) is 89.5 Å². The monoisotopic (exact) mass is 774 g/mol. The second-order valence-electron chi connectivity index (χ2n) is 14.4. The van der Waals surface area contributed by atoms with Crippen molar-refractivity contribution in [3.05, 3.63) is 143 Å². The fraction of sp³-hybridized carbons (Fsp3) is 0.404. The van der Waals surface area contributed by atoms with Gasteiger partial charge in [-0.1, -0.05) is 98.4 Å². The lowest BCUT2D eigenvalue weighted by molar-refractivity contribution is -0.147. The first-order valence-corrected chi connectivity index (χ1v) is 20.6. The SMILES string of the molecule is CC/C=C\C/C=C\C/C=C\C/C=C\C/C=C\CCCCCC(=O)OCn1c(N(C)C2CCN(c3nc4ccccc4n3Cc3ccc(F)cc3)CC2)nccc1=O. The molecule has 2 aromatic heterocycles. The third-order valence-electron chi connectivity index (χ3n) is 10.2. The predicted molar refractivity (Wildman–Crippen MR) is 231 cm³/mol. The zero-order valence-electron chi connectivity index (χ0n) is 33.7. The highest BCUT2D eigenvalue weighted by Gasteiger charge is 2.28. The summed E-state index contributed by atoms with van der Waals surface area (Å²) in [5.41, 5.74) is 2.69. The van der Waals surface area contributed by atoms with Crippen molar-refractivity contribution in [1.82, 2.24) is 19.1 Å². The molecule has 0 N–H and O–H groups in total. The number of benzene rings is 2. The van der Waals surface area contributed by atoms with Gasteiger partial charge in [0, 0.05) is 44.9 Å². The number of ether oxygens (including phenoxy) is 1. The first kappa shape index (κ1) is 42.6. The van der Waals surface area contributed by atoms with Crippen molar-refractivity contribution in [1.29, 1.82) is 0 Å². The molecule has 0 spiro atoms. The van der Waals surface area contributed by atoms with Gasteiger partial charge in [-0.05, 0) is 94.0 Å². The van der Waals surface area contributed by atoms with Gasteiger partial charge in [-0.25, -0.2) is 18.9 Å². The molecule has 302 valence electrons. The van der Waals surface area contributed by atoms with Gasteiger partial charge in [0.2, 0.25) is 11.9 Å². The number of piperidine rings is 1. The summed E-state index contributed by atoms with van der Waals surface area (Å²) in [6, 6.07) is 16.2. The Hall–Kier alpha value is -5.51. The minimum Gasteiger partial charge on any atom is -0.444 e. The van der Waals surface area contributed by atoms with E-state index in [4.69, 9.17) is 9.72 Å². The maximum atomic E-state index is 13.6. The number of allylic oxidation sites excluding steroid dienone is 10. The summed E-state index contributed by atoms with van der Waals surface area (Å²) in [5.74, 6) is 0.800. The molecule has 10 heteroatoms. The predicted octanol–water partition coefficient (Wildman–Crippen LogP) is 10.1. The van der Waals surface area contributed by atoms with Crippen LogP contribution in [0.3, 0.4) is 0 Å². The third kappa shape index (κ3) is 13.6. The minimum absolute atomic E-state index is 0.121. The van der Waals surface area contributed by atoms with Crippen LogP contribution in [0.25, 0.3) is 11.0 Å². The smallest absolute Gasteiger partial charge is 0.307 e. The summed E-state index contributed by atoms with van der Waals surface area (Å²) in [4.78, 5) is 39.5. The van der Waals surface area contributed by atoms with E-state index < -0.39 is 0 Å². The van der Waals surface area contributed by atoms with Crippen molar-refractivity contribution in [2.75, 3.05) is 29.9 Å². The van der Waals surface area contributed by atoms with Gasteiger partial charge in [-0.3, -0.25) is 9.59 Å². The van der Waals surface area contributed by atoms with Crippen LogP contribution in [0, 0.1) is 5.82 Å². The van der Waals surface area contributed by atoms with Gasteiger partial charge in [0.1, 0.15) is 5.82 Å². The number of carbonyl (C=O) groups excluding carboxylic acids is 1. The molecule has 2 aromatic carbocycles. The lowest BCUT2D eigenvalue weighted by Crippen LogP contribution is -2.46. The van der Waals surface area contributed by atoms with Gasteiger partial charge in [0.25, 0.3) is 5.56 Å². The van der Waals surface area contributed by atoms with Crippen LogP contribution in [-0.4, -0.2) is 51.3 Å². The molecule has 0 atom stereocenters. The Balaban J connectivity index is 1.01. The molecule has 0 aliphatic carbocycles. The molecular weight excluding hydrogens is 716 g/mol. The lowest BCUT2D eigenvalue weighted by Gasteiger charge is -2.38. The first-order valence-electron chi connectivity index (χ1n) is 20.6. The van der Waals surface area contributed by atoms with Gasteiger partial charge >= 0.3 is 5.97 Å². The molecule has 0 radical (unpaired) electrons. The Morgan fingerprint density at radius 1 is 0.825 bits per heavy atom. The lowest BCUT2D eigenvalue weighted by atomic mass is 10.0. The Kier molecular flexibility index (Phi) is 17.6. The number of esters is 1. The molecule has 5 rings (SSSR count). The van der Waals surface area contributed by atoms with Gasteiger partial charge in [0.05, 0.1) is 17.6 Å². The second-order valence-corrected chi connectivity index (χ2v) is 14.4. The van der Waals surface area contributed by atoms with Crippen LogP contribution in [-0.2, 0) is 22.8 Å². The van der Waals surface area contributed by atoms with Gasteiger partial charge in [-0.2, -0.15) is 0 Å². The summed E-state index contributed by atoms with van der Waals surface area (Å²) >= 11 is 0. The van der Waals surface area contributed by atoms with Crippen molar-refractivity contribution in [3.63, 3.8) is 0 Å². The highest BCUT2D eigenvalue weighted by molar-refractivity contribution is 5.79. The zero-order chi connectivity index (χ0) is 40.1. The number of anilines is 2. The number of fused-ring (bicyclic) bond motifs is 1. The van der Waals surface area contributed by atoms with Crippen LogP contribution in [0.5, 0.6) is 0 Å². The molecular formula is C47H59FN6O3. The Morgan fingerprint density at radius 3 is 2.16 bits per heavy atom. The van der Waals surface area contributed by atoms with E-state index in [9.17, 15) is 14.0 Å². The van der Waals surface area contributed by atoms with E-state index in [-0.39, 0.29) is 30.1 Å². The number of carbonyl (C=O) groups is 1. The van der Waals surface area contributed by atoms with Crippen molar-refractivity contribution in [2.24, 2.45) is 0 Å². The molecule has 3 heterocycles. The van der Waals surface area contributed by atoms with E-state index in [1.807, 2.05) is 42.3 Å². The van der Waals surface area contributed by atoms with Crippen molar-refractivity contribution >= 4 is 28.9 Å². The molecule has 1 aliphatic rings. The molecule has 0 amide bonds. The van der Waals surface area contributed by atoms with Gasteiger partial charge in [-0.15, -0.1) is 0 Å². The van der Waals surface area contributed by atoms with E-state index in [1.54, 1.807) is 0 Å². The summed E-state index contributed by atoms with van der Waals surface area (Å²) in [5, 5.41) is 0. The van der Waals surface area contributed by atoms with Crippen molar-refractivity contribution in [2.45, 2.75) is 103 Å². The molecule has 57 heavy (non-hydrogen) atoms. The maximum absolute atomic E-state index is 13.6. The number of aromatic nitrogens is 4. The van der Waals surface area contributed by atoms with Crippen LogP contribution < -0.4 is 15.4 Å². The normalized spacial score (nSPS) is 14.1. The quantitative estimate of drug-likeness (QED) is 0.0447. The molecule has 1 fully saturated rings. The van der Waals surface area contributed by atoms with E-state index in [0.29, 0.717) is 18.9 Å². The molecule has 1 saturated heterocycles. The number of halogens is 1. The Bertz CT molecular complexity index is 2040. The molecule has 0 bridgehead atoms. The molecule has 0 saturated carbocycles. The number of unbranched alkanes of at least 4 members (excludes halogenated alkanes) is 3. The number of hydrogen-bond donors (Lipinski definition) is 0. The largest absolute Gasteiger partial charge is 0.444 e. The van der Waals surface area contributed by atoms with Crippen LogP contribution in [0.2, 0.25) is 0 Å². The number of nitrogens with zero attached hydrogens (tertiary/aromatic N) is 6. The number of hydrogen-bond acceptors (Lipinski definition) is 7. The fourth-order valence-corrected chi connectivity index (χ4v) is 6.96. The summed E-state index contributed by atoms with van der Waals surface area (Å²) in [7, 11) is 1.95. The van der Waals surface area contributed by atoms with Gasteiger partial charge < -0.3 is 19.1 Å². The second kappa shape index (κ2) is 23.5. The first-order chi connectivity index (χ1) is 27.9. The average molecular weight is 775 g/mol. The van der Waals surface area contributed by atoms with Crippen LogP contribution in [0.4, 0.5) is 16.3 Å². The zero-order valence-corrected chi connectivity index (χ0v) is 33.7. The molecule has 0 unspecified atom stereocenters. The summed E-state index contributed by atoms with van der Waals surface area (Å²) < 4.78 is 22.8. The van der Waals surface area contributed by atoms with Gasteiger partial charge in [0.15, 0.2) is 6.73 Å². The van der Waals surface area contributed by atoms with Crippen molar-refractivity contribution in [3.8, 4) is 0 Å². The highest BCUT2D eigenvalue weighted by atomic mass is 19.1. The third-order valence-corrected chi connectivity index (χ3v) is 10.2. The number of rotatable bonds is 22. The molecule has 9 nitrogen and oxygen atoms in total. The number of para-hydroxylation sites is 2.